The smallest absolute Gasteiger partial charge is 0.140 e. The van der Waals surface area contributed by atoms with E-state index in [-0.39, 0.29) is 18.0 Å². The fourth-order valence-electron chi connectivity index (χ4n) is 3.31. The average Bonchev–Trinajstić information content (AvgIpc) is 3.00. The van der Waals surface area contributed by atoms with Crippen LogP contribution in [0.15, 0.2) is 47.1 Å². The Kier molecular flexibility index (Phi) is 5.74. The molecular weight excluding hydrogens is 468 g/mol. The number of nitrogens with zero attached hydrogens (tertiary/aromatic N) is 3. The van der Waals surface area contributed by atoms with Crippen LogP contribution >= 0.6 is 15.9 Å². The van der Waals surface area contributed by atoms with Gasteiger partial charge in [-0.15, -0.1) is 0 Å². The van der Waals surface area contributed by atoms with Crippen molar-refractivity contribution in [3.05, 3.63) is 58.7 Å². The molecule has 4 aromatic rings. The molecule has 0 amide bonds. The number of hydrogen-bond donors (Lipinski definition) is 0. The summed E-state index contributed by atoms with van der Waals surface area (Å²) in [7, 11) is -1.18. The molecule has 0 spiro atoms. The molecule has 4 nitrogen and oxygen atoms in total. The van der Waals surface area contributed by atoms with Gasteiger partial charge in [-0.2, -0.15) is 5.10 Å². The summed E-state index contributed by atoms with van der Waals surface area (Å²) in [5.74, 6) is -1.30. The van der Waals surface area contributed by atoms with E-state index in [4.69, 9.17) is 4.74 Å². The van der Waals surface area contributed by atoms with E-state index in [1.54, 1.807) is 10.7 Å². The summed E-state index contributed by atoms with van der Waals surface area (Å²) in [6.07, 6.45) is 0. The monoisotopic (exact) mass is 489 g/mol. The van der Waals surface area contributed by atoms with Crippen molar-refractivity contribution >= 4 is 45.8 Å². The molecule has 0 aliphatic carbocycles. The zero-order valence-electron chi connectivity index (χ0n) is 17.0. The topological polar surface area (TPSA) is 39.9 Å². The second kappa shape index (κ2) is 8.17. The molecule has 0 saturated heterocycles. The van der Waals surface area contributed by atoms with Crippen LogP contribution in [0.5, 0.6) is 0 Å². The quantitative estimate of drug-likeness (QED) is 0.226. The van der Waals surface area contributed by atoms with Gasteiger partial charge in [-0.05, 0) is 34.1 Å². The van der Waals surface area contributed by atoms with Crippen LogP contribution in [0.25, 0.3) is 33.1 Å². The Labute approximate surface area is 183 Å². The molecule has 4 rings (SSSR count). The van der Waals surface area contributed by atoms with E-state index in [9.17, 15) is 8.78 Å². The van der Waals surface area contributed by atoms with E-state index in [0.717, 1.165) is 11.4 Å². The maximum absolute atomic E-state index is 14.5. The molecule has 0 unspecified atom stereocenters. The van der Waals surface area contributed by atoms with Crippen molar-refractivity contribution in [3.63, 3.8) is 0 Å². The summed E-state index contributed by atoms with van der Waals surface area (Å²) in [4.78, 5) is 4.62. The normalized spacial score (nSPS) is 12.2. The first-order valence-electron chi connectivity index (χ1n) is 9.73. The zero-order chi connectivity index (χ0) is 21.5. The molecule has 2 aromatic heterocycles. The molecule has 156 valence electrons. The van der Waals surface area contributed by atoms with Crippen LogP contribution in [0.4, 0.5) is 8.78 Å². The van der Waals surface area contributed by atoms with Crippen molar-refractivity contribution in [1.82, 2.24) is 14.8 Å². The lowest BCUT2D eigenvalue weighted by atomic mass is 10.0. The summed E-state index contributed by atoms with van der Waals surface area (Å²) in [5.41, 5.74) is 1.32. The molecule has 0 radical (unpaired) electrons. The Balaban J connectivity index is 1.82. The minimum atomic E-state index is -1.18. The third-order valence-corrected chi connectivity index (χ3v) is 7.43. The minimum Gasteiger partial charge on any atom is -0.359 e. The lowest BCUT2D eigenvalue weighted by molar-refractivity contribution is 0.0775. The molecular formula is C22H22BrF2N3OSi. The van der Waals surface area contributed by atoms with E-state index in [0.29, 0.717) is 27.6 Å². The van der Waals surface area contributed by atoms with Crippen molar-refractivity contribution in [2.24, 2.45) is 0 Å². The Morgan fingerprint density at radius 2 is 1.63 bits per heavy atom. The van der Waals surface area contributed by atoms with Gasteiger partial charge in [0.1, 0.15) is 34.0 Å². The first kappa shape index (κ1) is 21.1. The second-order valence-corrected chi connectivity index (χ2v) is 14.8. The molecule has 0 aliphatic heterocycles. The average molecular weight is 490 g/mol. The van der Waals surface area contributed by atoms with Crippen LogP contribution in [-0.4, -0.2) is 29.4 Å². The van der Waals surface area contributed by atoms with Gasteiger partial charge in [0, 0.05) is 25.5 Å². The zero-order valence-corrected chi connectivity index (χ0v) is 19.6. The molecule has 2 aromatic carbocycles. The van der Waals surface area contributed by atoms with Crippen LogP contribution in [0.2, 0.25) is 25.7 Å². The lowest BCUT2D eigenvalue weighted by Gasteiger charge is -2.15. The standard InChI is InChI=1S/C22H22BrF2N3OSi/c1-30(2,3)12-11-29-13-28-22(23)21-20(27-28)15-8-5-4-7-14(15)19(26-21)18-16(24)9-6-10-17(18)25/h4-10H,11-13H2,1-3H3. The Morgan fingerprint density at radius 1 is 0.967 bits per heavy atom. The van der Waals surface area contributed by atoms with Crippen molar-refractivity contribution in [2.45, 2.75) is 32.4 Å². The lowest BCUT2D eigenvalue weighted by Crippen LogP contribution is -2.22. The number of aromatic nitrogens is 3. The third-order valence-electron chi connectivity index (χ3n) is 4.94. The van der Waals surface area contributed by atoms with Crippen molar-refractivity contribution in [1.29, 1.82) is 0 Å². The number of ether oxygens (including phenoxy) is 1. The Hall–Kier alpha value is -2.16. The van der Waals surface area contributed by atoms with Crippen molar-refractivity contribution < 1.29 is 13.5 Å². The highest BCUT2D eigenvalue weighted by Crippen LogP contribution is 2.36. The molecule has 0 aliphatic rings. The van der Waals surface area contributed by atoms with Gasteiger partial charge in [-0.25, -0.2) is 18.4 Å². The highest BCUT2D eigenvalue weighted by Gasteiger charge is 2.21. The largest absolute Gasteiger partial charge is 0.359 e. The highest BCUT2D eigenvalue weighted by atomic mass is 79.9. The molecule has 2 heterocycles. The summed E-state index contributed by atoms with van der Waals surface area (Å²) >= 11 is 3.55. The second-order valence-electron chi connectivity index (χ2n) is 8.44. The van der Waals surface area contributed by atoms with E-state index in [1.165, 1.54) is 18.2 Å². The summed E-state index contributed by atoms with van der Waals surface area (Å²) < 4.78 is 37.2. The van der Waals surface area contributed by atoms with E-state index in [2.05, 4.69) is 45.7 Å². The fraction of sp³-hybridized carbons (Fsp3) is 0.273. The molecule has 0 N–H and O–H groups in total. The van der Waals surface area contributed by atoms with Crippen LogP contribution in [0, 0.1) is 11.6 Å². The first-order chi connectivity index (χ1) is 14.3. The van der Waals surface area contributed by atoms with Crippen molar-refractivity contribution in [2.75, 3.05) is 6.61 Å². The van der Waals surface area contributed by atoms with Gasteiger partial charge in [0.15, 0.2) is 0 Å². The number of pyridine rings is 1. The SMILES string of the molecule is C[Si](C)(C)CCOCn1nc2c(nc(-c3c(F)cccc3F)c3ccccc32)c1Br. The van der Waals surface area contributed by atoms with Crippen LogP contribution in [0.1, 0.15) is 0 Å². The van der Waals surface area contributed by atoms with E-state index in [1.807, 2.05) is 18.2 Å². The number of rotatable bonds is 6. The predicted molar refractivity (Wildman–Crippen MR) is 122 cm³/mol. The van der Waals surface area contributed by atoms with Crippen LogP contribution < -0.4 is 0 Å². The Morgan fingerprint density at radius 3 is 2.30 bits per heavy atom. The predicted octanol–water partition coefficient (Wildman–Crippen LogP) is 6.60. The minimum absolute atomic E-state index is 0.137. The molecule has 8 heteroatoms. The number of hydrogen-bond acceptors (Lipinski definition) is 3. The van der Waals surface area contributed by atoms with Crippen molar-refractivity contribution in [3.8, 4) is 11.3 Å². The van der Waals surface area contributed by atoms with E-state index >= 15 is 0 Å². The molecule has 0 saturated carbocycles. The maximum atomic E-state index is 14.5. The first-order valence-corrected chi connectivity index (χ1v) is 14.2. The summed E-state index contributed by atoms with van der Waals surface area (Å²) in [6.45, 7) is 7.84. The summed E-state index contributed by atoms with van der Waals surface area (Å²) in [6, 6.07) is 12.3. The third kappa shape index (κ3) is 4.04. The summed E-state index contributed by atoms with van der Waals surface area (Å²) in [5, 5.41) is 6.08. The number of fused-ring (bicyclic) bond motifs is 3. The van der Waals surface area contributed by atoms with Gasteiger partial charge in [0.2, 0.25) is 0 Å². The molecule has 0 fully saturated rings. The van der Waals surface area contributed by atoms with Gasteiger partial charge in [0.05, 0.1) is 11.3 Å². The molecule has 30 heavy (non-hydrogen) atoms. The number of benzene rings is 2. The highest BCUT2D eigenvalue weighted by molar-refractivity contribution is 9.10. The van der Waals surface area contributed by atoms with Gasteiger partial charge < -0.3 is 4.74 Å². The fourth-order valence-corrected chi connectivity index (χ4v) is 4.52. The number of halogens is 3. The van der Waals surface area contributed by atoms with Gasteiger partial charge in [-0.1, -0.05) is 50.0 Å². The van der Waals surface area contributed by atoms with Gasteiger partial charge in [-0.3, -0.25) is 0 Å². The maximum Gasteiger partial charge on any atom is 0.140 e. The van der Waals surface area contributed by atoms with Gasteiger partial charge >= 0.3 is 0 Å². The molecule has 0 atom stereocenters. The van der Waals surface area contributed by atoms with Crippen LogP contribution in [-0.2, 0) is 11.5 Å². The van der Waals surface area contributed by atoms with E-state index < -0.39 is 19.7 Å². The van der Waals surface area contributed by atoms with Crippen LogP contribution in [0.3, 0.4) is 0 Å². The van der Waals surface area contributed by atoms with Gasteiger partial charge in [0.25, 0.3) is 0 Å². The molecule has 0 bridgehead atoms. The Bertz CT molecular complexity index is 1220.